The fraction of sp³-hybridized carbons (Fsp3) is 0.286. The monoisotopic (exact) mass is 243 g/mol. The van der Waals surface area contributed by atoms with Gasteiger partial charge in [-0.2, -0.15) is 0 Å². The van der Waals surface area contributed by atoms with Crippen molar-refractivity contribution < 1.29 is 4.79 Å². The molecule has 1 aromatic carbocycles. The van der Waals surface area contributed by atoms with Crippen LogP contribution in [-0.4, -0.2) is 22.0 Å². The molecule has 0 fully saturated rings. The number of rotatable bonds is 5. The molecule has 2 aromatic rings. The van der Waals surface area contributed by atoms with Crippen LogP contribution < -0.4 is 5.32 Å². The van der Waals surface area contributed by atoms with Gasteiger partial charge in [0.1, 0.15) is 6.54 Å². The van der Waals surface area contributed by atoms with E-state index >= 15 is 0 Å². The molecule has 1 N–H and O–H groups in total. The lowest BCUT2D eigenvalue weighted by atomic mass is 10.3. The Morgan fingerprint density at radius 1 is 1.44 bits per heavy atom. The zero-order valence-corrected chi connectivity index (χ0v) is 10.5. The first kappa shape index (κ1) is 12.4. The molecule has 1 aromatic heterocycles. The van der Waals surface area contributed by atoms with Crippen LogP contribution in [0.2, 0.25) is 0 Å². The fourth-order valence-corrected chi connectivity index (χ4v) is 1.81. The quantitative estimate of drug-likeness (QED) is 0.646. The van der Waals surface area contributed by atoms with Gasteiger partial charge in [0.2, 0.25) is 5.91 Å². The minimum absolute atomic E-state index is 0.0163. The zero-order valence-electron chi connectivity index (χ0n) is 10.5. The average Bonchev–Trinajstić information content (AvgIpc) is 2.78. The van der Waals surface area contributed by atoms with E-state index in [1.54, 1.807) is 6.33 Å². The zero-order chi connectivity index (χ0) is 12.8. The van der Waals surface area contributed by atoms with Crippen LogP contribution in [0, 0.1) is 0 Å². The number of hydrogen-bond donors (Lipinski definition) is 1. The van der Waals surface area contributed by atoms with Crippen LogP contribution in [0.25, 0.3) is 11.0 Å². The second-order valence-electron chi connectivity index (χ2n) is 4.07. The summed E-state index contributed by atoms with van der Waals surface area (Å²) in [7, 11) is 0. The maximum absolute atomic E-state index is 11.7. The van der Waals surface area contributed by atoms with Crippen LogP contribution in [0.15, 0.2) is 42.7 Å². The van der Waals surface area contributed by atoms with Gasteiger partial charge >= 0.3 is 0 Å². The fourth-order valence-electron chi connectivity index (χ4n) is 1.81. The minimum Gasteiger partial charge on any atom is -0.354 e. The van der Waals surface area contributed by atoms with Crippen molar-refractivity contribution in [3.8, 4) is 0 Å². The molecule has 4 nitrogen and oxygen atoms in total. The highest BCUT2D eigenvalue weighted by Crippen LogP contribution is 2.11. The van der Waals surface area contributed by atoms with Gasteiger partial charge in [-0.05, 0) is 25.5 Å². The predicted octanol–water partition coefficient (Wildman–Crippen LogP) is 2.12. The van der Waals surface area contributed by atoms with Crippen LogP contribution >= 0.6 is 0 Å². The van der Waals surface area contributed by atoms with Crippen molar-refractivity contribution in [1.82, 2.24) is 14.9 Å². The number of hydrogen-bond acceptors (Lipinski definition) is 2. The molecular weight excluding hydrogens is 226 g/mol. The van der Waals surface area contributed by atoms with Gasteiger partial charge in [0, 0.05) is 6.54 Å². The highest BCUT2D eigenvalue weighted by molar-refractivity contribution is 5.80. The summed E-state index contributed by atoms with van der Waals surface area (Å²) in [6.07, 6.45) is 6.59. The molecule has 4 heteroatoms. The SMILES string of the molecule is C/C=C/CCNC(=O)Cn1cnc2ccccc21. The first-order valence-corrected chi connectivity index (χ1v) is 6.09. The van der Waals surface area contributed by atoms with E-state index in [1.807, 2.05) is 47.9 Å². The molecule has 18 heavy (non-hydrogen) atoms. The number of fused-ring (bicyclic) bond motifs is 1. The Bertz CT molecular complexity index is 557. The van der Waals surface area contributed by atoms with Crippen molar-refractivity contribution in [1.29, 1.82) is 0 Å². The van der Waals surface area contributed by atoms with E-state index in [0.29, 0.717) is 13.1 Å². The molecule has 0 bridgehead atoms. The lowest BCUT2D eigenvalue weighted by molar-refractivity contribution is -0.121. The van der Waals surface area contributed by atoms with Crippen molar-refractivity contribution in [2.45, 2.75) is 19.9 Å². The van der Waals surface area contributed by atoms with Crippen LogP contribution in [0.5, 0.6) is 0 Å². The second-order valence-corrected chi connectivity index (χ2v) is 4.07. The van der Waals surface area contributed by atoms with Gasteiger partial charge in [-0.25, -0.2) is 4.98 Å². The summed E-state index contributed by atoms with van der Waals surface area (Å²) in [6.45, 7) is 2.96. The maximum Gasteiger partial charge on any atom is 0.240 e. The third-order valence-corrected chi connectivity index (χ3v) is 2.71. The topological polar surface area (TPSA) is 46.9 Å². The Hall–Kier alpha value is -2.10. The highest BCUT2D eigenvalue weighted by atomic mass is 16.1. The van der Waals surface area contributed by atoms with Crippen molar-refractivity contribution in [3.63, 3.8) is 0 Å². The van der Waals surface area contributed by atoms with Gasteiger partial charge in [0.25, 0.3) is 0 Å². The third-order valence-electron chi connectivity index (χ3n) is 2.71. The predicted molar refractivity (Wildman–Crippen MR) is 72.2 cm³/mol. The van der Waals surface area contributed by atoms with Crippen LogP contribution in [0.4, 0.5) is 0 Å². The molecule has 0 spiro atoms. The van der Waals surface area contributed by atoms with Gasteiger partial charge in [0.05, 0.1) is 17.4 Å². The van der Waals surface area contributed by atoms with Crippen LogP contribution in [-0.2, 0) is 11.3 Å². The Morgan fingerprint density at radius 3 is 3.11 bits per heavy atom. The number of benzene rings is 1. The lowest BCUT2D eigenvalue weighted by Gasteiger charge is -2.05. The summed E-state index contributed by atoms with van der Waals surface area (Å²) in [5.74, 6) is 0.0163. The van der Waals surface area contributed by atoms with E-state index in [2.05, 4.69) is 10.3 Å². The number of nitrogens with one attached hydrogen (secondary N) is 1. The number of carbonyl (C=O) groups is 1. The van der Waals surface area contributed by atoms with Gasteiger partial charge in [-0.3, -0.25) is 4.79 Å². The Balaban J connectivity index is 1.94. The molecule has 0 aliphatic heterocycles. The van der Waals surface area contributed by atoms with E-state index in [9.17, 15) is 4.79 Å². The van der Waals surface area contributed by atoms with Crippen LogP contribution in [0.3, 0.4) is 0 Å². The third kappa shape index (κ3) is 2.97. The summed E-state index contributed by atoms with van der Waals surface area (Å²) < 4.78 is 1.86. The summed E-state index contributed by atoms with van der Waals surface area (Å²) >= 11 is 0. The number of nitrogens with zero attached hydrogens (tertiary/aromatic N) is 2. The molecule has 1 heterocycles. The van der Waals surface area contributed by atoms with Crippen molar-refractivity contribution in [3.05, 3.63) is 42.7 Å². The van der Waals surface area contributed by atoms with E-state index in [1.165, 1.54) is 0 Å². The summed E-state index contributed by atoms with van der Waals surface area (Å²) in [5.41, 5.74) is 1.90. The number of imidazole rings is 1. The molecule has 0 unspecified atom stereocenters. The lowest BCUT2D eigenvalue weighted by Crippen LogP contribution is -2.27. The van der Waals surface area contributed by atoms with E-state index in [0.717, 1.165) is 17.5 Å². The molecule has 0 aliphatic rings. The Kier molecular flexibility index (Phi) is 4.12. The van der Waals surface area contributed by atoms with E-state index in [4.69, 9.17) is 0 Å². The van der Waals surface area contributed by atoms with Crippen molar-refractivity contribution >= 4 is 16.9 Å². The first-order valence-electron chi connectivity index (χ1n) is 6.09. The number of para-hydroxylation sites is 2. The Labute approximate surface area is 106 Å². The molecule has 0 radical (unpaired) electrons. The van der Waals surface area contributed by atoms with Crippen molar-refractivity contribution in [2.24, 2.45) is 0 Å². The molecule has 2 rings (SSSR count). The van der Waals surface area contributed by atoms with E-state index < -0.39 is 0 Å². The van der Waals surface area contributed by atoms with Crippen molar-refractivity contribution in [2.75, 3.05) is 6.54 Å². The van der Waals surface area contributed by atoms with Crippen LogP contribution in [0.1, 0.15) is 13.3 Å². The maximum atomic E-state index is 11.7. The van der Waals surface area contributed by atoms with Gasteiger partial charge < -0.3 is 9.88 Å². The number of carbonyl (C=O) groups excluding carboxylic acids is 1. The molecule has 94 valence electrons. The molecule has 0 atom stereocenters. The second kappa shape index (κ2) is 6.00. The number of allylic oxidation sites excluding steroid dienone is 1. The molecule has 0 saturated carbocycles. The molecule has 0 aliphatic carbocycles. The minimum atomic E-state index is 0.0163. The summed E-state index contributed by atoms with van der Waals surface area (Å²) in [5, 5.41) is 2.88. The standard InChI is InChI=1S/C14H17N3O/c1-2-3-6-9-15-14(18)10-17-11-16-12-7-4-5-8-13(12)17/h2-5,7-8,11H,6,9-10H2,1H3,(H,15,18)/b3-2+. The van der Waals surface area contributed by atoms with Gasteiger partial charge in [0.15, 0.2) is 0 Å². The normalized spacial score (nSPS) is 11.2. The molecular formula is C14H17N3O. The van der Waals surface area contributed by atoms with Gasteiger partial charge in [-0.1, -0.05) is 24.3 Å². The number of aromatic nitrogens is 2. The number of amides is 1. The first-order chi connectivity index (χ1) is 8.81. The Morgan fingerprint density at radius 2 is 2.28 bits per heavy atom. The van der Waals surface area contributed by atoms with E-state index in [-0.39, 0.29) is 5.91 Å². The summed E-state index contributed by atoms with van der Waals surface area (Å²) in [4.78, 5) is 16.0. The smallest absolute Gasteiger partial charge is 0.240 e. The largest absolute Gasteiger partial charge is 0.354 e. The molecule has 0 saturated heterocycles. The molecule has 1 amide bonds. The highest BCUT2D eigenvalue weighted by Gasteiger charge is 2.05. The van der Waals surface area contributed by atoms with Gasteiger partial charge in [-0.15, -0.1) is 0 Å². The average molecular weight is 243 g/mol. The summed E-state index contributed by atoms with van der Waals surface area (Å²) in [6, 6.07) is 7.80.